The number of hydrogen-bond donors (Lipinski definition) is 1. The van der Waals surface area contributed by atoms with Gasteiger partial charge in [0.05, 0.1) is 4.88 Å². The van der Waals surface area contributed by atoms with Gasteiger partial charge in [-0.1, -0.05) is 12.5 Å². The molecule has 2 aromatic heterocycles. The molecule has 19 heavy (non-hydrogen) atoms. The van der Waals surface area contributed by atoms with Crippen LogP contribution in [0.4, 0.5) is 0 Å². The second-order valence-corrected chi connectivity index (χ2v) is 7.21. The van der Waals surface area contributed by atoms with Crippen molar-refractivity contribution < 1.29 is 0 Å². The molecule has 2 bridgehead atoms. The second kappa shape index (κ2) is 4.56. The lowest BCUT2D eigenvalue weighted by molar-refractivity contribution is 0.295. The van der Waals surface area contributed by atoms with Gasteiger partial charge >= 0.3 is 0 Å². The van der Waals surface area contributed by atoms with Crippen molar-refractivity contribution in [2.75, 3.05) is 0 Å². The second-order valence-electron chi connectivity index (χ2n) is 5.88. The zero-order chi connectivity index (χ0) is 12.8. The van der Waals surface area contributed by atoms with Crippen molar-refractivity contribution in [3.05, 3.63) is 22.3 Å². The van der Waals surface area contributed by atoms with E-state index in [4.69, 9.17) is 12.2 Å². The molecule has 2 saturated carbocycles. The molecule has 3 atom stereocenters. The molecule has 2 fully saturated rings. The van der Waals surface area contributed by atoms with Crippen molar-refractivity contribution in [3.8, 4) is 10.7 Å². The minimum atomic E-state index is 0.770. The fourth-order valence-corrected chi connectivity index (χ4v) is 4.84. The van der Waals surface area contributed by atoms with E-state index in [2.05, 4.69) is 32.3 Å². The van der Waals surface area contributed by atoms with E-state index in [0.717, 1.165) is 34.9 Å². The largest absolute Gasteiger partial charge is 0.299 e. The summed E-state index contributed by atoms with van der Waals surface area (Å²) in [6, 6.07) is 4.19. The first-order valence-electron chi connectivity index (χ1n) is 7.00. The first-order valence-corrected chi connectivity index (χ1v) is 8.29. The van der Waals surface area contributed by atoms with E-state index >= 15 is 0 Å². The summed E-state index contributed by atoms with van der Waals surface area (Å²) >= 11 is 7.14. The average molecular weight is 291 g/mol. The molecule has 0 saturated heterocycles. The number of nitrogens with zero attached hydrogens (tertiary/aromatic N) is 2. The third-order valence-corrected chi connectivity index (χ3v) is 5.98. The molecule has 0 aromatic carbocycles. The van der Waals surface area contributed by atoms with E-state index in [1.54, 1.807) is 11.3 Å². The number of H-pyrrole nitrogens is 1. The highest BCUT2D eigenvalue weighted by Gasteiger charge is 2.39. The van der Waals surface area contributed by atoms with Crippen LogP contribution >= 0.6 is 23.6 Å². The fraction of sp³-hybridized carbons (Fsp3) is 0.571. The average Bonchev–Trinajstić information content (AvgIpc) is 3.14. The van der Waals surface area contributed by atoms with Gasteiger partial charge in [-0.05, 0) is 60.7 Å². The molecule has 100 valence electrons. The van der Waals surface area contributed by atoms with Crippen molar-refractivity contribution in [3.63, 3.8) is 0 Å². The molecule has 0 amide bonds. The minimum Gasteiger partial charge on any atom is -0.299 e. The van der Waals surface area contributed by atoms with Gasteiger partial charge in [-0.2, -0.15) is 5.10 Å². The van der Waals surface area contributed by atoms with Crippen LogP contribution in [0, 0.1) is 22.5 Å². The highest BCUT2D eigenvalue weighted by atomic mass is 32.1. The summed E-state index contributed by atoms with van der Waals surface area (Å²) in [4.78, 5) is 1.20. The van der Waals surface area contributed by atoms with Crippen LogP contribution in [0.25, 0.3) is 10.7 Å². The van der Waals surface area contributed by atoms with Crippen LogP contribution < -0.4 is 0 Å². The van der Waals surface area contributed by atoms with E-state index < -0.39 is 0 Å². The number of fused-ring (bicyclic) bond motifs is 2. The van der Waals surface area contributed by atoms with E-state index in [1.807, 2.05) is 0 Å². The Morgan fingerprint density at radius 3 is 3.05 bits per heavy atom. The Morgan fingerprint density at radius 1 is 1.42 bits per heavy atom. The van der Waals surface area contributed by atoms with Crippen LogP contribution in [-0.4, -0.2) is 14.8 Å². The third kappa shape index (κ3) is 1.99. The van der Waals surface area contributed by atoms with Crippen LogP contribution in [0.5, 0.6) is 0 Å². The Labute approximate surface area is 121 Å². The first kappa shape index (κ1) is 11.9. The van der Waals surface area contributed by atoms with Crippen LogP contribution in [0.1, 0.15) is 25.7 Å². The van der Waals surface area contributed by atoms with Crippen molar-refractivity contribution in [1.82, 2.24) is 14.8 Å². The molecule has 0 radical (unpaired) electrons. The SMILES string of the molecule is S=c1[nH]nc(-c2cccs2)n1CC1CC2CCC1C2. The number of hydrogen-bond acceptors (Lipinski definition) is 3. The molecule has 4 rings (SSSR count). The van der Waals surface area contributed by atoms with Gasteiger partial charge in [-0.15, -0.1) is 11.3 Å². The number of nitrogens with one attached hydrogen (secondary N) is 1. The van der Waals surface area contributed by atoms with Crippen LogP contribution in [-0.2, 0) is 6.54 Å². The predicted octanol–water partition coefficient (Wildman–Crippen LogP) is 4.11. The van der Waals surface area contributed by atoms with Gasteiger partial charge in [-0.25, -0.2) is 0 Å². The lowest BCUT2D eigenvalue weighted by atomic mass is 9.89. The van der Waals surface area contributed by atoms with Gasteiger partial charge in [0, 0.05) is 6.54 Å². The molecular formula is C14H17N3S2. The van der Waals surface area contributed by atoms with Gasteiger partial charge in [0.2, 0.25) is 0 Å². The van der Waals surface area contributed by atoms with Crippen LogP contribution in [0.2, 0.25) is 0 Å². The van der Waals surface area contributed by atoms with Crippen molar-refractivity contribution in [2.24, 2.45) is 17.8 Å². The minimum absolute atomic E-state index is 0.770. The maximum Gasteiger partial charge on any atom is 0.195 e. The summed E-state index contributed by atoms with van der Waals surface area (Å²) in [6.07, 6.45) is 5.72. The summed E-state index contributed by atoms with van der Waals surface area (Å²) in [5.41, 5.74) is 0. The Bertz CT molecular complexity index is 625. The lowest BCUT2D eigenvalue weighted by Crippen LogP contribution is -2.18. The molecule has 2 heterocycles. The molecule has 2 aliphatic rings. The normalized spacial score (nSPS) is 29.2. The Hall–Kier alpha value is -0.940. The summed E-state index contributed by atoms with van der Waals surface area (Å²) in [5.74, 6) is 3.74. The summed E-state index contributed by atoms with van der Waals surface area (Å²) in [5, 5.41) is 9.48. The fourth-order valence-electron chi connectivity index (χ4n) is 3.92. The maximum absolute atomic E-state index is 5.42. The molecule has 1 N–H and O–H groups in total. The lowest BCUT2D eigenvalue weighted by Gasteiger charge is -2.22. The van der Waals surface area contributed by atoms with Crippen molar-refractivity contribution in [2.45, 2.75) is 32.2 Å². The smallest absolute Gasteiger partial charge is 0.195 e. The quantitative estimate of drug-likeness (QED) is 0.864. The summed E-state index contributed by atoms with van der Waals surface area (Å²) in [7, 11) is 0. The Balaban J connectivity index is 1.64. The van der Waals surface area contributed by atoms with Gasteiger partial charge < -0.3 is 0 Å². The maximum atomic E-state index is 5.42. The van der Waals surface area contributed by atoms with Gasteiger partial charge in [0.15, 0.2) is 10.6 Å². The van der Waals surface area contributed by atoms with Gasteiger partial charge in [0.1, 0.15) is 0 Å². The molecule has 2 aliphatic carbocycles. The zero-order valence-corrected chi connectivity index (χ0v) is 12.3. The van der Waals surface area contributed by atoms with E-state index in [9.17, 15) is 0 Å². The standard InChI is InChI=1S/C14H17N3S2/c18-14-16-15-13(12-2-1-5-19-12)17(14)8-11-7-9-3-4-10(11)6-9/h1-2,5,9-11H,3-4,6-8H2,(H,16,18). The third-order valence-electron chi connectivity index (χ3n) is 4.80. The van der Waals surface area contributed by atoms with Crippen molar-refractivity contribution >= 4 is 23.6 Å². The zero-order valence-electron chi connectivity index (χ0n) is 10.7. The predicted molar refractivity (Wildman–Crippen MR) is 79.7 cm³/mol. The topological polar surface area (TPSA) is 33.6 Å². The number of rotatable bonds is 3. The first-order chi connectivity index (χ1) is 9.31. The molecule has 3 nitrogen and oxygen atoms in total. The summed E-state index contributed by atoms with van der Waals surface area (Å²) < 4.78 is 2.98. The highest BCUT2D eigenvalue weighted by molar-refractivity contribution is 7.71. The molecular weight excluding hydrogens is 274 g/mol. The Kier molecular flexibility index (Phi) is 2.84. The molecule has 5 heteroatoms. The number of thiophene rings is 1. The van der Waals surface area contributed by atoms with Gasteiger partial charge in [-0.3, -0.25) is 9.67 Å². The highest BCUT2D eigenvalue weighted by Crippen LogP contribution is 2.49. The Morgan fingerprint density at radius 2 is 2.37 bits per heavy atom. The van der Waals surface area contributed by atoms with E-state index in [-0.39, 0.29) is 0 Å². The van der Waals surface area contributed by atoms with E-state index in [0.29, 0.717) is 0 Å². The number of aromatic amines is 1. The molecule has 0 aliphatic heterocycles. The van der Waals surface area contributed by atoms with E-state index in [1.165, 1.54) is 30.6 Å². The molecule has 0 spiro atoms. The van der Waals surface area contributed by atoms with Crippen molar-refractivity contribution in [1.29, 1.82) is 0 Å². The number of aromatic nitrogens is 3. The molecule has 3 unspecified atom stereocenters. The van der Waals surface area contributed by atoms with Crippen LogP contribution in [0.15, 0.2) is 17.5 Å². The van der Waals surface area contributed by atoms with Gasteiger partial charge in [0.25, 0.3) is 0 Å². The molecule has 2 aromatic rings. The van der Waals surface area contributed by atoms with Crippen LogP contribution in [0.3, 0.4) is 0 Å². The summed E-state index contributed by atoms with van der Waals surface area (Å²) in [6.45, 7) is 1.05. The monoisotopic (exact) mass is 291 g/mol.